The Bertz CT molecular complexity index is 318. The van der Waals surface area contributed by atoms with Crippen molar-refractivity contribution < 1.29 is 19.0 Å². The van der Waals surface area contributed by atoms with E-state index >= 15 is 0 Å². The van der Waals surface area contributed by atoms with Crippen LogP contribution in [-0.4, -0.2) is 61.5 Å². The van der Waals surface area contributed by atoms with Crippen LogP contribution in [0.15, 0.2) is 0 Å². The van der Waals surface area contributed by atoms with E-state index in [1.807, 2.05) is 25.7 Å². The van der Waals surface area contributed by atoms with Crippen molar-refractivity contribution in [1.82, 2.24) is 4.90 Å². The number of nitrogens with zero attached hydrogens (tertiary/aromatic N) is 1. The van der Waals surface area contributed by atoms with Gasteiger partial charge in [-0.3, -0.25) is 4.79 Å². The van der Waals surface area contributed by atoms with Gasteiger partial charge in [0.25, 0.3) is 0 Å². The molecule has 3 atom stereocenters. The van der Waals surface area contributed by atoms with Crippen molar-refractivity contribution in [1.29, 1.82) is 0 Å². The summed E-state index contributed by atoms with van der Waals surface area (Å²) in [5.74, 6) is 0.126. The third kappa shape index (κ3) is 2.84. The summed E-state index contributed by atoms with van der Waals surface area (Å²) in [5, 5.41) is 0. The summed E-state index contributed by atoms with van der Waals surface area (Å²) in [6.45, 7) is 7.72. The molecule has 2 saturated heterocycles. The second-order valence-corrected chi connectivity index (χ2v) is 5.79. The Kier molecular flexibility index (Phi) is 3.94. The lowest BCUT2D eigenvalue weighted by molar-refractivity contribution is -0.170. The van der Waals surface area contributed by atoms with Crippen molar-refractivity contribution in [2.75, 3.05) is 26.9 Å². The first-order chi connectivity index (χ1) is 8.43. The third-order valence-corrected chi connectivity index (χ3v) is 3.61. The van der Waals surface area contributed by atoms with E-state index in [2.05, 4.69) is 0 Å². The van der Waals surface area contributed by atoms with Crippen LogP contribution in [0, 0.1) is 0 Å². The molecular formula is C13H23NO4. The number of morpholine rings is 1. The Morgan fingerprint density at radius 2 is 2.22 bits per heavy atom. The average Bonchev–Trinajstić information content (AvgIpc) is 2.73. The minimum atomic E-state index is -0.305. The van der Waals surface area contributed by atoms with Crippen LogP contribution >= 0.6 is 0 Å². The van der Waals surface area contributed by atoms with Crippen molar-refractivity contribution in [3.63, 3.8) is 0 Å². The van der Waals surface area contributed by atoms with Crippen molar-refractivity contribution in [3.8, 4) is 0 Å². The molecule has 0 aromatic rings. The van der Waals surface area contributed by atoms with Crippen molar-refractivity contribution in [2.45, 2.75) is 51.0 Å². The molecule has 0 aromatic carbocycles. The van der Waals surface area contributed by atoms with Gasteiger partial charge in [0.2, 0.25) is 5.91 Å². The van der Waals surface area contributed by atoms with Crippen LogP contribution in [-0.2, 0) is 19.0 Å². The van der Waals surface area contributed by atoms with Gasteiger partial charge in [0.1, 0.15) is 6.10 Å². The highest BCUT2D eigenvalue weighted by Gasteiger charge is 2.45. The maximum atomic E-state index is 12.3. The van der Waals surface area contributed by atoms with Gasteiger partial charge in [-0.25, -0.2) is 0 Å². The first-order valence-electron chi connectivity index (χ1n) is 6.51. The second-order valence-electron chi connectivity index (χ2n) is 5.79. The lowest BCUT2D eigenvalue weighted by Crippen LogP contribution is -2.60. The van der Waals surface area contributed by atoms with Crippen LogP contribution in [0.25, 0.3) is 0 Å². The van der Waals surface area contributed by atoms with Gasteiger partial charge in [-0.1, -0.05) is 0 Å². The molecule has 0 spiro atoms. The SMILES string of the molecule is COC(C)CC(=O)N1CC(C)(C)O[C@@H]2COC[C@H]21. The van der Waals surface area contributed by atoms with Crippen molar-refractivity contribution in [2.24, 2.45) is 0 Å². The average molecular weight is 257 g/mol. The summed E-state index contributed by atoms with van der Waals surface area (Å²) < 4.78 is 16.6. The highest BCUT2D eigenvalue weighted by molar-refractivity contribution is 5.77. The van der Waals surface area contributed by atoms with Crippen LogP contribution in [0.3, 0.4) is 0 Å². The van der Waals surface area contributed by atoms with Crippen LogP contribution in [0.5, 0.6) is 0 Å². The lowest BCUT2D eigenvalue weighted by Gasteiger charge is -2.45. The number of carbonyl (C=O) groups is 1. The van der Waals surface area contributed by atoms with Gasteiger partial charge in [0.15, 0.2) is 0 Å². The molecule has 0 radical (unpaired) electrons. The molecule has 5 heteroatoms. The number of ether oxygens (including phenoxy) is 3. The molecule has 104 valence electrons. The Morgan fingerprint density at radius 3 is 2.89 bits per heavy atom. The van der Waals surface area contributed by atoms with E-state index < -0.39 is 0 Å². The zero-order valence-electron chi connectivity index (χ0n) is 11.6. The molecule has 1 amide bonds. The molecule has 5 nitrogen and oxygen atoms in total. The number of fused-ring (bicyclic) bond motifs is 1. The van der Waals surface area contributed by atoms with Crippen LogP contribution < -0.4 is 0 Å². The molecular weight excluding hydrogens is 234 g/mol. The van der Waals surface area contributed by atoms with Gasteiger partial charge in [0, 0.05) is 13.7 Å². The molecule has 2 aliphatic heterocycles. The maximum absolute atomic E-state index is 12.3. The Labute approximate surface area is 108 Å². The standard InChI is InChI=1S/C13H23NO4/c1-9(16-4)5-12(15)14-8-13(2,3)18-11-7-17-6-10(11)14/h9-11H,5-8H2,1-4H3/t9?,10-,11-/m1/s1. The first-order valence-corrected chi connectivity index (χ1v) is 6.51. The predicted molar refractivity (Wildman–Crippen MR) is 66.4 cm³/mol. The summed E-state index contributed by atoms with van der Waals surface area (Å²) in [5.41, 5.74) is -0.305. The van der Waals surface area contributed by atoms with Gasteiger partial charge in [-0.05, 0) is 20.8 Å². The van der Waals surface area contributed by atoms with Crippen molar-refractivity contribution >= 4 is 5.91 Å². The zero-order valence-corrected chi connectivity index (χ0v) is 11.6. The lowest BCUT2D eigenvalue weighted by atomic mass is 10.00. The number of carbonyl (C=O) groups excluding carboxylic acids is 1. The summed E-state index contributed by atoms with van der Waals surface area (Å²) in [7, 11) is 1.63. The first kappa shape index (κ1) is 13.8. The van der Waals surface area contributed by atoms with E-state index in [0.29, 0.717) is 26.2 Å². The van der Waals surface area contributed by atoms with E-state index in [1.54, 1.807) is 7.11 Å². The molecule has 2 aliphatic rings. The topological polar surface area (TPSA) is 48.0 Å². The highest BCUT2D eigenvalue weighted by atomic mass is 16.6. The zero-order chi connectivity index (χ0) is 13.3. The highest BCUT2D eigenvalue weighted by Crippen LogP contribution is 2.30. The van der Waals surface area contributed by atoms with Gasteiger partial charge in [0.05, 0.1) is 37.4 Å². The number of amides is 1. The molecule has 2 fully saturated rings. The van der Waals surface area contributed by atoms with Gasteiger partial charge in [-0.15, -0.1) is 0 Å². The minimum absolute atomic E-state index is 0.00977. The Morgan fingerprint density at radius 1 is 1.50 bits per heavy atom. The smallest absolute Gasteiger partial charge is 0.225 e. The molecule has 0 saturated carbocycles. The fourth-order valence-electron chi connectivity index (χ4n) is 2.62. The fourth-order valence-corrected chi connectivity index (χ4v) is 2.62. The molecule has 2 rings (SSSR count). The normalized spacial score (nSPS) is 32.1. The number of hydrogen-bond acceptors (Lipinski definition) is 4. The largest absolute Gasteiger partial charge is 0.381 e. The van der Waals surface area contributed by atoms with Crippen molar-refractivity contribution in [3.05, 3.63) is 0 Å². The summed E-state index contributed by atoms with van der Waals surface area (Å²) >= 11 is 0. The molecule has 1 unspecified atom stereocenters. The molecule has 0 aliphatic carbocycles. The molecule has 0 N–H and O–H groups in total. The quantitative estimate of drug-likeness (QED) is 0.751. The van der Waals surface area contributed by atoms with Crippen LogP contribution in [0.4, 0.5) is 0 Å². The van der Waals surface area contributed by atoms with Crippen LogP contribution in [0.1, 0.15) is 27.2 Å². The van der Waals surface area contributed by atoms with E-state index in [0.717, 1.165) is 0 Å². The number of rotatable bonds is 3. The van der Waals surface area contributed by atoms with E-state index in [1.165, 1.54) is 0 Å². The van der Waals surface area contributed by atoms with E-state index in [-0.39, 0.29) is 29.8 Å². The summed E-state index contributed by atoms with van der Waals surface area (Å²) in [6, 6.07) is 0.0644. The number of methoxy groups -OCH3 is 1. The molecule has 18 heavy (non-hydrogen) atoms. The minimum Gasteiger partial charge on any atom is -0.381 e. The van der Waals surface area contributed by atoms with Gasteiger partial charge < -0.3 is 19.1 Å². The predicted octanol–water partition coefficient (Wildman–Crippen LogP) is 0.816. The molecule has 2 heterocycles. The summed E-state index contributed by atoms with van der Waals surface area (Å²) in [4.78, 5) is 14.2. The maximum Gasteiger partial charge on any atom is 0.225 e. The van der Waals surface area contributed by atoms with Gasteiger partial charge in [-0.2, -0.15) is 0 Å². The van der Waals surface area contributed by atoms with E-state index in [4.69, 9.17) is 14.2 Å². The second kappa shape index (κ2) is 5.15. The monoisotopic (exact) mass is 257 g/mol. The third-order valence-electron chi connectivity index (χ3n) is 3.61. The number of hydrogen-bond donors (Lipinski definition) is 0. The molecule has 0 bridgehead atoms. The van der Waals surface area contributed by atoms with Gasteiger partial charge >= 0.3 is 0 Å². The fraction of sp³-hybridized carbons (Fsp3) is 0.923. The summed E-state index contributed by atoms with van der Waals surface area (Å²) in [6.07, 6.45) is 0.371. The van der Waals surface area contributed by atoms with E-state index in [9.17, 15) is 4.79 Å². The Balaban J connectivity index is 2.07. The Hall–Kier alpha value is -0.650. The van der Waals surface area contributed by atoms with Crippen LogP contribution in [0.2, 0.25) is 0 Å². The molecule has 0 aromatic heterocycles.